The fourth-order valence-electron chi connectivity index (χ4n) is 5.10. The Bertz CT molecular complexity index is 1390. The lowest BCUT2D eigenvalue weighted by atomic mass is 9.98. The summed E-state index contributed by atoms with van der Waals surface area (Å²) < 4.78 is 41.9. The van der Waals surface area contributed by atoms with E-state index in [1.165, 1.54) is 23.2 Å². The van der Waals surface area contributed by atoms with Gasteiger partial charge in [0.05, 0.1) is 43.4 Å². The molecule has 0 spiro atoms. The smallest absolute Gasteiger partial charge is 0.243 e. The molecule has 1 aromatic heterocycles. The summed E-state index contributed by atoms with van der Waals surface area (Å²) in [5, 5.41) is 2.04. The predicted octanol–water partition coefficient (Wildman–Crippen LogP) is 3.35. The van der Waals surface area contributed by atoms with E-state index >= 15 is 0 Å². The third kappa shape index (κ3) is 4.64. The van der Waals surface area contributed by atoms with E-state index in [1.54, 1.807) is 12.1 Å². The molecular formula is C25H25Cl2FN4O4S. The summed E-state index contributed by atoms with van der Waals surface area (Å²) in [5.74, 6) is -1.70. The average molecular weight is 567 g/mol. The molecule has 3 fully saturated rings. The van der Waals surface area contributed by atoms with Crippen LogP contribution in [0.2, 0.25) is 10.0 Å². The van der Waals surface area contributed by atoms with Gasteiger partial charge < -0.3 is 10.2 Å². The lowest BCUT2D eigenvalue weighted by Gasteiger charge is -2.29. The van der Waals surface area contributed by atoms with Crippen LogP contribution in [-0.4, -0.2) is 66.8 Å². The predicted molar refractivity (Wildman–Crippen MR) is 137 cm³/mol. The van der Waals surface area contributed by atoms with Gasteiger partial charge in [-0.25, -0.2) is 12.8 Å². The molecule has 2 amide bonds. The quantitative estimate of drug-likeness (QED) is 0.493. The number of carbonyl (C=O) groups is 2. The van der Waals surface area contributed by atoms with Crippen molar-refractivity contribution in [1.82, 2.24) is 15.2 Å². The molecule has 1 N–H and O–H groups in total. The van der Waals surface area contributed by atoms with Gasteiger partial charge in [0.25, 0.3) is 0 Å². The van der Waals surface area contributed by atoms with Gasteiger partial charge in [0, 0.05) is 12.7 Å². The molecule has 0 bridgehead atoms. The number of sulfone groups is 1. The second-order valence-electron chi connectivity index (χ2n) is 10.0. The SMILES string of the molecule is C=NCC1(NC(=O)[C@@H]2C[C@@H](S(=O)(=O)c3ccccc3Cl)CN2C(=O)C2(c3ncc(Cl)cc3F)CC2)CC1. The Balaban J connectivity index is 1.49. The van der Waals surface area contributed by atoms with E-state index in [-0.39, 0.29) is 33.6 Å². The summed E-state index contributed by atoms with van der Waals surface area (Å²) in [7, 11) is -3.99. The number of hydrogen-bond acceptors (Lipinski definition) is 6. The van der Waals surface area contributed by atoms with Crippen molar-refractivity contribution in [2.24, 2.45) is 4.99 Å². The Morgan fingerprint density at radius 2 is 1.92 bits per heavy atom. The number of nitrogens with one attached hydrogen (secondary N) is 1. The minimum Gasteiger partial charge on any atom is -0.347 e. The van der Waals surface area contributed by atoms with Crippen LogP contribution >= 0.6 is 23.2 Å². The Labute approximate surface area is 224 Å². The Morgan fingerprint density at radius 3 is 2.51 bits per heavy atom. The van der Waals surface area contributed by atoms with E-state index in [0.717, 1.165) is 6.07 Å². The maximum atomic E-state index is 14.8. The monoisotopic (exact) mass is 566 g/mol. The van der Waals surface area contributed by atoms with E-state index in [1.807, 2.05) is 0 Å². The summed E-state index contributed by atoms with van der Waals surface area (Å²) >= 11 is 12.0. The van der Waals surface area contributed by atoms with Gasteiger partial charge in [-0.05, 0) is 57.0 Å². The zero-order valence-electron chi connectivity index (χ0n) is 19.8. The van der Waals surface area contributed by atoms with E-state index < -0.39 is 49.7 Å². The van der Waals surface area contributed by atoms with Crippen LogP contribution in [0.4, 0.5) is 4.39 Å². The molecule has 1 saturated heterocycles. The number of nitrogens with zero attached hydrogens (tertiary/aromatic N) is 3. The van der Waals surface area contributed by atoms with E-state index in [9.17, 15) is 22.4 Å². The van der Waals surface area contributed by atoms with Crippen LogP contribution in [0, 0.1) is 5.82 Å². The van der Waals surface area contributed by atoms with Gasteiger partial charge in [0.1, 0.15) is 11.9 Å². The lowest BCUT2D eigenvalue weighted by molar-refractivity contribution is -0.140. The Hall–Kier alpha value is -2.56. The highest BCUT2D eigenvalue weighted by Crippen LogP contribution is 2.51. The summed E-state index contributed by atoms with van der Waals surface area (Å²) in [6.07, 6.45) is 3.23. The van der Waals surface area contributed by atoms with Crippen LogP contribution in [-0.2, 0) is 24.8 Å². The van der Waals surface area contributed by atoms with Gasteiger partial charge in [0.15, 0.2) is 9.84 Å². The fraction of sp³-hybridized carbons (Fsp3) is 0.440. The summed E-state index contributed by atoms with van der Waals surface area (Å²) in [6, 6.07) is 6.09. The first kappa shape index (κ1) is 26.1. The molecule has 2 atom stereocenters. The highest BCUT2D eigenvalue weighted by molar-refractivity contribution is 7.92. The molecule has 196 valence electrons. The lowest BCUT2D eigenvalue weighted by Crippen LogP contribution is -2.52. The van der Waals surface area contributed by atoms with Crippen molar-refractivity contribution in [3.8, 4) is 0 Å². The molecule has 2 aromatic rings. The average Bonchev–Trinajstić information content (AvgIpc) is 3.76. The summed E-state index contributed by atoms with van der Waals surface area (Å²) in [6.45, 7) is 3.60. The van der Waals surface area contributed by atoms with Gasteiger partial charge >= 0.3 is 0 Å². The molecule has 2 aliphatic carbocycles. The number of carbonyl (C=O) groups excluding carboxylic acids is 2. The van der Waals surface area contributed by atoms with Gasteiger partial charge in [0.2, 0.25) is 11.8 Å². The fourth-order valence-corrected chi connectivity index (χ4v) is 7.46. The molecule has 8 nitrogen and oxygen atoms in total. The van der Waals surface area contributed by atoms with E-state index in [4.69, 9.17) is 23.2 Å². The van der Waals surface area contributed by atoms with E-state index in [2.05, 4.69) is 22.0 Å². The van der Waals surface area contributed by atoms with Crippen LogP contribution in [0.1, 0.15) is 37.8 Å². The first-order valence-corrected chi connectivity index (χ1v) is 14.2. The maximum absolute atomic E-state index is 14.8. The van der Waals surface area contributed by atoms with Crippen molar-refractivity contribution >= 4 is 51.6 Å². The number of hydrogen-bond donors (Lipinski definition) is 1. The van der Waals surface area contributed by atoms with Crippen LogP contribution in [0.15, 0.2) is 46.4 Å². The molecule has 2 heterocycles. The second kappa shape index (κ2) is 9.32. The molecule has 37 heavy (non-hydrogen) atoms. The van der Waals surface area contributed by atoms with Crippen molar-refractivity contribution in [3.63, 3.8) is 0 Å². The zero-order chi connectivity index (χ0) is 26.6. The molecular weight excluding hydrogens is 542 g/mol. The van der Waals surface area contributed by atoms with Crippen LogP contribution < -0.4 is 5.32 Å². The van der Waals surface area contributed by atoms with Gasteiger partial charge in [-0.2, -0.15) is 0 Å². The van der Waals surface area contributed by atoms with Crippen molar-refractivity contribution < 1.29 is 22.4 Å². The first-order chi connectivity index (χ1) is 17.5. The molecule has 2 saturated carbocycles. The number of aromatic nitrogens is 1. The maximum Gasteiger partial charge on any atom is 0.243 e. The Kier molecular flexibility index (Phi) is 6.57. The van der Waals surface area contributed by atoms with Gasteiger partial charge in [-0.3, -0.25) is 19.6 Å². The number of pyridine rings is 1. The largest absolute Gasteiger partial charge is 0.347 e. The summed E-state index contributed by atoms with van der Waals surface area (Å²) in [5.41, 5.74) is -1.85. The molecule has 5 rings (SSSR count). The molecule has 1 aliphatic heterocycles. The minimum atomic E-state index is -3.99. The van der Waals surface area contributed by atoms with Gasteiger partial charge in [-0.15, -0.1) is 0 Å². The van der Waals surface area contributed by atoms with Crippen molar-refractivity contribution in [1.29, 1.82) is 0 Å². The molecule has 3 aliphatic rings. The number of amides is 2. The first-order valence-electron chi connectivity index (χ1n) is 11.9. The van der Waals surface area contributed by atoms with Crippen LogP contribution in [0.25, 0.3) is 0 Å². The highest BCUT2D eigenvalue weighted by Gasteiger charge is 2.59. The van der Waals surface area contributed by atoms with Crippen molar-refractivity contribution in [2.45, 2.75) is 59.2 Å². The Morgan fingerprint density at radius 1 is 1.22 bits per heavy atom. The molecule has 0 unspecified atom stereocenters. The third-order valence-electron chi connectivity index (χ3n) is 7.49. The number of aliphatic imine (C=N–C) groups is 1. The number of rotatable bonds is 8. The molecule has 1 aromatic carbocycles. The van der Waals surface area contributed by atoms with Gasteiger partial charge in [-0.1, -0.05) is 35.3 Å². The molecule has 12 heteroatoms. The van der Waals surface area contributed by atoms with E-state index in [0.29, 0.717) is 32.2 Å². The summed E-state index contributed by atoms with van der Waals surface area (Å²) in [4.78, 5) is 36.6. The topological polar surface area (TPSA) is 109 Å². The van der Waals surface area contributed by atoms with Crippen molar-refractivity contribution in [2.75, 3.05) is 13.1 Å². The van der Waals surface area contributed by atoms with Crippen LogP contribution in [0.3, 0.4) is 0 Å². The van der Waals surface area contributed by atoms with Crippen molar-refractivity contribution in [3.05, 3.63) is 58.1 Å². The zero-order valence-corrected chi connectivity index (χ0v) is 22.1. The number of halogens is 3. The van der Waals surface area contributed by atoms with Crippen LogP contribution in [0.5, 0.6) is 0 Å². The number of benzene rings is 1. The second-order valence-corrected chi connectivity index (χ2v) is 13.1. The normalized spacial score (nSPS) is 23.4. The molecule has 0 radical (unpaired) electrons. The highest BCUT2D eigenvalue weighted by atomic mass is 35.5. The standard InChI is InChI=1S/C25H25Cl2FN4O4S/c1-29-14-24(6-7-24)31-22(33)19-11-16(37(35,36)20-5-3-2-4-17(20)27)13-32(19)23(34)25(8-9-25)21-18(28)10-15(26)12-30-21/h2-5,10,12,16,19H,1,6-9,11,13-14H2,(H,31,33)/t16-,19+/m1/s1. The minimum absolute atomic E-state index is 0.0482. The third-order valence-corrected chi connectivity index (χ3v) is 10.3. The number of likely N-dealkylation sites (tertiary alicyclic amines) is 1.